The van der Waals surface area contributed by atoms with Crippen molar-refractivity contribution in [3.63, 3.8) is 0 Å². The van der Waals surface area contributed by atoms with Crippen LogP contribution in [0.25, 0.3) is 0 Å². The van der Waals surface area contributed by atoms with Gasteiger partial charge >= 0.3 is 0 Å². The molecule has 3 unspecified atom stereocenters. The molecule has 0 bridgehead atoms. The number of aliphatic hydroxyl groups is 1. The van der Waals surface area contributed by atoms with Crippen molar-refractivity contribution in [3.05, 3.63) is 35.9 Å². The molecule has 1 aliphatic rings. The Bertz CT molecular complexity index is 542. The molecule has 140 valence electrons. The molecule has 4 heteroatoms. The molecule has 1 aliphatic carbocycles. The third kappa shape index (κ3) is 4.42. The van der Waals surface area contributed by atoms with Crippen molar-refractivity contribution in [2.45, 2.75) is 51.0 Å². The maximum absolute atomic E-state index is 13.4. The highest BCUT2D eigenvalue weighted by molar-refractivity contribution is 5.85. The summed E-state index contributed by atoms with van der Waals surface area (Å²) in [6.45, 7) is 6.17. The molecule has 1 saturated carbocycles. The molecule has 4 nitrogen and oxygen atoms in total. The van der Waals surface area contributed by atoms with Gasteiger partial charge in [-0.05, 0) is 46.3 Å². The number of benzene rings is 1. The molecule has 1 N–H and O–H groups in total. The first-order chi connectivity index (χ1) is 11.9. The van der Waals surface area contributed by atoms with Crippen LogP contribution in [-0.4, -0.2) is 60.1 Å². The van der Waals surface area contributed by atoms with Crippen LogP contribution in [-0.2, 0) is 4.79 Å². The first kappa shape index (κ1) is 19.9. The quantitative estimate of drug-likeness (QED) is 0.825. The zero-order valence-electron chi connectivity index (χ0n) is 16.2. The van der Waals surface area contributed by atoms with Crippen molar-refractivity contribution in [2.75, 3.05) is 33.7 Å². The molecule has 1 fully saturated rings. The maximum Gasteiger partial charge on any atom is 0.233 e. The zero-order chi connectivity index (χ0) is 18.4. The summed E-state index contributed by atoms with van der Waals surface area (Å²) < 4.78 is 0. The lowest BCUT2D eigenvalue weighted by atomic mass is 9.65. The summed E-state index contributed by atoms with van der Waals surface area (Å²) in [6, 6.07) is 9.87. The highest BCUT2D eigenvalue weighted by atomic mass is 16.3. The minimum absolute atomic E-state index is 0.0596. The minimum Gasteiger partial charge on any atom is -0.388 e. The summed E-state index contributed by atoms with van der Waals surface area (Å²) >= 11 is 0. The molecule has 0 aromatic heterocycles. The van der Waals surface area contributed by atoms with E-state index in [1.807, 2.05) is 63.2 Å². The number of nitrogens with zero attached hydrogens (tertiary/aromatic N) is 2. The molecule has 0 radical (unpaired) electrons. The van der Waals surface area contributed by atoms with Crippen molar-refractivity contribution >= 4 is 5.91 Å². The summed E-state index contributed by atoms with van der Waals surface area (Å²) in [5.74, 6) is -0.316. The van der Waals surface area contributed by atoms with Crippen LogP contribution in [0.15, 0.2) is 30.3 Å². The average Bonchev–Trinajstić information content (AvgIpc) is 2.59. The smallest absolute Gasteiger partial charge is 0.233 e. The number of rotatable bonds is 7. The third-order valence-electron chi connectivity index (χ3n) is 5.63. The van der Waals surface area contributed by atoms with Crippen LogP contribution in [0.2, 0.25) is 0 Å². The Kier molecular flexibility index (Phi) is 7.03. The standard InChI is InChI=1S/C21H34N2O2/c1-5-23(6-2)20(24)19(17-12-8-7-9-13-17)21(25)15-11-10-14-18(21)16-22(3)4/h7-9,12-13,18-19,25H,5-6,10-11,14-16H2,1-4H3. The topological polar surface area (TPSA) is 43.8 Å². The first-order valence-electron chi connectivity index (χ1n) is 9.64. The minimum atomic E-state index is -0.983. The van der Waals surface area contributed by atoms with E-state index in [2.05, 4.69) is 4.90 Å². The van der Waals surface area contributed by atoms with Crippen LogP contribution in [0, 0.1) is 5.92 Å². The van der Waals surface area contributed by atoms with E-state index in [4.69, 9.17) is 0 Å². The summed E-state index contributed by atoms with van der Waals surface area (Å²) in [4.78, 5) is 17.4. The summed E-state index contributed by atoms with van der Waals surface area (Å²) in [5, 5.41) is 11.8. The maximum atomic E-state index is 13.4. The molecular formula is C21H34N2O2. The lowest BCUT2D eigenvalue weighted by Gasteiger charge is -2.46. The fourth-order valence-corrected chi connectivity index (χ4v) is 4.33. The van der Waals surface area contributed by atoms with E-state index < -0.39 is 11.5 Å². The summed E-state index contributed by atoms with van der Waals surface area (Å²) in [7, 11) is 4.08. The number of hydrogen-bond donors (Lipinski definition) is 1. The molecule has 0 saturated heterocycles. The van der Waals surface area contributed by atoms with Crippen molar-refractivity contribution in [2.24, 2.45) is 5.92 Å². The molecule has 1 aromatic rings. The average molecular weight is 347 g/mol. The molecule has 3 atom stereocenters. The van der Waals surface area contributed by atoms with E-state index in [9.17, 15) is 9.90 Å². The largest absolute Gasteiger partial charge is 0.388 e. The van der Waals surface area contributed by atoms with Crippen LogP contribution < -0.4 is 0 Å². The normalized spacial score (nSPS) is 25.0. The lowest BCUT2D eigenvalue weighted by molar-refractivity contribution is -0.146. The molecule has 0 aliphatic heterocycles. The Morgan fingerprint density at radius 2 is 1.84 bits per heavy atom. The van der Waals surface area contributed by atoms with E-state index in [0.29, 0.717) is 19.5 Å². The van der Waals surface area contributed by atoms with Crippen molar-refractivity contribution in [1.29, 1.82) is 0 Å². The second-order valence-electron chi connectivity index (χ2n) is 7.55. The molecule has 2 rings (SSSR count). The van der Waals surface area contributed by atoms with Gasteiger partial charge in [-0.3, -0.25) is 4.79 Å². The van der Waals surface area contributed by atoms with Crippen molar-refractivity contribution in [1.82, 2.24) is 9.80 Å². The van der Waals surface area contributed by atoms with Gasteiger partial charge in [-0.15, -0.1) is 0 Å². The highest BCUT2D eigenvalue weighted by Gasteiger charge is 2.49. The molecule has 25 heavy (non-hydrogen) atoms. The first-order valence-corrected chi connectivity index (χ1v) is 9.64. The van der Waals surface area contributed by atoms with E-state index in [0.717, 1.165) is 31.4 Å². The highest BCUT2D eigenvalue weighted by Crippen LogP contribution is 2.45. The van der Waals surface area contributed by atoms with Gasteiger partial charge in [-0.25, -0.2) is 0 Å². The number of carbonyl (C=O) groups is 1. The van der Waals surface area contributed by atoms with Gasteiger partial charge in [-0.2, -0.15) is 0 Å². The molecular weight excluding hydrogens is 312 g/mol. The van der Waals surface area contributed by atoms with Crippen molar-refractivity contribution in [3.8, 4) is 0 Å². The molecule has 0 heterocycles. The number of carbonyl (C=O) groups excluding carboxylic acids is 1. The third-order valence-corrected chi connectivity index (χ3v) is 5.63. The van der Waals surface area contributed by atoms with Crippen LogP contribution in [0.1, 0.15) is 51.0 Å². The predicted octanol–water partition coefficient (Wildman–Crippen LogP) is 3.12. The van der Waals surface area contributed by atoms with Gasteiger partial charge in [0.2, 0.25) is 5.91 Å². The van der Waals surface area contributed by atoms with Gasteiger partial charge in [0.05, 0.1) is 11.5 Å². The Labute approximate surface area is 152 Å². The van der Waals surface area contributed by atoms with Gasteiger partial charge < -0.3 is 14.9 Å². The number of hydrogen-bond acceptors (Lipinski definition) is 3. The SMILES string of the molecule is CCN(CC)C(=O)C(c1ccccc1)C1(O)CCCCC1CN(C)C. The predicted molar refractivity (Wildman–Crippen MR) is 103 cm³/mol. The Morgan fingerprint density at radius 1 is 1.20 bits per heavy atom. The molecule has 1 aromatic carbocycles. The lowest BCUT2D eigenvalue weighted by Crippen LogP contribution is -2.54. The molecule has 1 amide bonds. The summed E-state index contributed by atoms with van der Waals surface area (Å²) in [6.07, 6.45) is 3.78. The van der Waals surface area contributed by atoms with Gasteiger partial charge in [0.15, 0.2) is 0 Å². The van der Waals surface area contributed by atoms with E-state index in [1.54, 1.807) is 0 Å². The van der Waals surface area contributed by atoms with Crippen LogP contribution in [0.5, 0.6) is 0 Å². The van der Waals surface area contributed by atoms with Crippen LogP contribution >= 0.6 is 0 Å². The number of likely N-dealkylation sites (N-methyl/N-ethyl adjacent to an activating group) is 1. The van der Waals surface area contributed by atoms with Crippen molar-refractivity contribution < 1.29 is 9.90 Å². The van der Waals surface area contributed by atoms with E-state index in [1.165, 1.54) is 0 Å². The number of amides is 1. The van der Waals surface area contributed by atoms with Gasteiger partial charge in [-0.1, -0.05) is 43.2 Å². The Balaban J connectivity index is 2.46. The Morgan fingerprint density at radius 3 is 2.40 bits per heavy atom. The van der Waals surface area contributed by atoms with Crippen LogP contribution in [0.3, 0.4) is 0 Å². The zero-order valence-corrected chi connectivity index (χ0v) is 16.2. The monoisotopic (exact) mass is 346 g/mol. The second kappa shape index (κ2) is 8.81. The second-order valence-corrected chi connectivity index (χ2v) is 7.55. The fourth-order valence-electron chi connectivity index (χ4n) is 4.33. The van der Waals surface area contributed by atoms with Gasteiger partial charge in [0.1, 0.15) is 0 Å². The fraction of sp³-hybridized carbons (Fsp3) is 0.667. The summed E-state index contributed by atoms with van der Waals surface area (Å²) in [5.41, 5.74) is -0.0450. The van der Waals surface area contributed by atoms with E-state index in [-0.39, 0.29) is 11.8 Å². The van der Waals surface area contributed by atoms with Crippen LogP contribution in [0.4, 0.5) is 0 Å². The van der Waals surface area contributed by atoms with Gasteiger partial charge in [0, 0.05) is 25.6 Å². The Hall–Kier alpha value is -1.39. The van der Waals surface area contributed by atoms with Gasteiger partial charge in [0.25, 0.3) is 0 Å². The van der Waals surface area contributed by atoms with E-state index >= 15 is 0 Å². The molecule has 0 spiro atoms.